The van der Waals surface area contributed by atoms with E-state index >= 15 is 0 Å². The van der Waals surface area contributed by atoms with E-state index in [1.807, 2.05) is 17.0 Å². The second-order valence-electron chi connectivity index (χ2n) is 5.23. The molecule has 1 aromatic carbocycles. The Bertz CT molecular complexity index is 484. The Kier molecular flexibility index (Phi) is 4.74. The van der Waals surface area contributed by atoms with Gasteiger partial charge in [-0.15, -0.1) is 0 Å². The van der Waals surface area contributed by atoms with E-state index in [2.05, 4.69) is 12.2 Å². The van der Waals surface area contributed by atoms with Gasteiger partial charge in [-0.2, -0.15) is 0 Å². The van der Waals surface area contributed by atoms with Gasteiger partial charge in [0.15, 0.2) is 0 Å². The number of likely N-dealkylation sites (tertiary alicyclic amines) is 1. The highest BCUT2D eigenvalue weighted by molar-refractivity contribution is 5.87. The Morgan fingerprint density at radius 2 is 2.10 bits per heavy atom. The van der Waals surface area contributed by atoms with Gasteiger partial charge in [0.05, 0.1) is 5.56 Å². The van der Waals surface area contributed by atoms with E-state index < -0.39 is 5.97 Å². The lowest BCUT2D eigenvalue weighted by molar-refractivity contribution is -0.127. The summed E-state index contributed by atoms with van der Waals surface area (Å²) in [6.07, 6.45) is 1.63. The number of carboxylic acid groups (broad SMARTS) is 1. The van der Waals surface area contributed by atoms with Gasteiger partial charge in [0.25, 0.3) is 0 Å². The minimum atomic E-state index is -0.912. The average Bonchev–Trinajstić information content (AvgIpc) is 2.82. The molecule has 0 spiro atoms. The van der Waals surface area contributed by atoms with Crippen molar-refractivity contribution in [1.29, 1.82) is 0 Å². The molecule has 0 saturated carbocycles. The Morgan fingerprint density at radius 1 is 1.40 bits per heavy atom. The molecule has 1 aromatic rings. The fourth-order valence-corrected chi connectivity index (χ4v) is 2.35. The molecule has 2 N–H and O–H groups in total. The Hall–Kier alpha value is -1.88. The molecular formula is C15H20N2O3. The normalized spacial score (nSPS) is 16.4. The van der Waals surface area contributed by atoms with E-state index in [0.29, 0.717) is 18.5 Å². The maximum Gasteiger partial charge on any atom is 0.335 e. The summed E-state index contributed by atoms with van der Waals surface area (Å²) in [5.74, 6) is -0.671. The minimum absolute atomic E-state index is 0.219. The molecule has 1 aliphatic heterocycles. The lowest BCUT2D eigenvalue weighted by atomic mass is 10.1. The summed E-state index contributed by atoms with van der Waals surface area (Å²) >= 11 is 0. The number of hydrogen-bond acceptors (Lipinski definition) is 3. The smallest absolute Gasteiger partial charge is 0.335 e. The van der Waals surface area contributed by atoms with Crippen LogP contribution in [0, 0.1) is 0 Å². The van der Waals surface area contributed by atoms with Crippen LogP contribution in [0.5, 0.6) is 0 Å². The molecule has 0 bridgehead atoms. The number of amides is 1. The molecule has 5 nitrogen and oxygen atoms in total. The van der Waals surface area contributed by atoms with Crippen LogP contribution in [0.4, 0.5) is 0 Å². The van der Waals surface area contributed by atoms with Crippen LogP contribution in [0.1, 0.15) is 35.7 Å². The first-order valence-corrected chi connectivity index (χ1v) is 6.89. The lowest BCUT2D eigenvalue weighted by Crippen LogP contribution is -2.39. The Labute approximate surface area is 118 Å². The molecule has 1 amide bonds. The molecule has 0 radical (unpaired) electrons. The molecule has 0 aromatic heterocycles. The second kappa shape index (κ2) is 6.52. The average molecular weight is 276 g/mol. The summed E-state index contributed by atoms with van der Waals surface area (Å²) in [6.45, 7) is 4.31. The van der Waals surface area contributed by atoms with Crippen LogP contribution in [0.15, 0.2) is 24.3 Å². The van der Waals surface area contributed by atoms with Crippen molar-refractivity contribution in [1.82, 2.24) is 10.2 Å². The third-order valence-electron chi connectivity index (χ3n) is 3.52. The first-order valence-electron chi connectivity index (χ1n) is 6.89. The number of aromatic carboxylic acids is 1. The maximum absolute atomic E-state index is 11.5. The summed E-state index contributed by atoms with van der Waals surface area (Å²) in [7, 11) is 0. The van der Waals surface area contributed by atoms with E-state index in [1.165, 1.54) is 0 Å². The third-order valence-corrected chi connectivity index (χ3v) is 3.52. The zero-order valence-electron chi connectivity index (χ0n) is 11.6. The van der Waals surface area contributed by atoms with E-state index in [4.69, 9.17) is 5.11 Å². The van der Waals surface area contributed by atoms with Gasteiger partial charge in [-0.1, -0.05) is 12.1 Å². The molecule has 2 rings (SSSR count). The van der Waals surface area contributed by atoms with Crippen LogP contribution in [-0.2, 0) is 11.3 Å². The zero-order valence-corrected chi connectivity index (χ0v) is 11.6. The van der Waals surface area contributed by atoms with Crippen molar-refractivity contribution in [2.45, 2.75) is 32.4 Å². The maximum atomic E-state index is 11.5. The summed E-state index contributed by atoms with van der Waals surface area (Å²) < 4.78 is 0. The SMILES string of the molecule is CC(CN1CCCC1=O)NCc1ccc(C(=O)O)cc1. The van der Waals surface area contributed by atoms with E-state index in [1.54, 1.807) is 12.1 Å². The summed E-state index contributed by atoms with van der Waals surface area (Å²) in [4.78, 5) is 24.2. The summed E-state index contributed by atoms with van der Waals surface area (Å²) in [5, 5.41) is 12.2. The zero-order chi connectivity index (χ0) is 14.5. The number of rotatable bonds is 6. The number of carbonyl (C=O) groups is 2. The predicted octanol–water partition coefficient (Wildman–Crippen LogP) is 1.49. The standard InChI is InChI=1S/C15H20N2O3/c1-11(10-17-8-2-3-14(17)18)16-9-12-4-6-13(7-5-12)15(19)20/h4-7,11,16H,2-3,8-10H2,1H3,(H,19,20). The van der Waals surface area contributed by atoms with Crippen molar-refractivity contribution in [3.8, 4) is 0 Å². The number of nitrogens with one attached hydrogen (secondary N) is 1. The summed E-state index contributed by atoms with van der Waals surface area (Å²) in [5.41, 5.74) is 1.33. The topological polar surface area (TPSA) is 69.6 Å². The molecule has 1 aliphatic rings. The van der Waals surface area contributed by atoms with E-state index in [-0.39, 0.29) is 11.9 Å². The van der Waals surface area contributed by atoms with Crippen LogP contribution in [0.3, 0.4) is 0 Å². The van der Waals surface area contributed by atoms with Crippen molar-refractivity contribution >= 4 is 11.9 Å². The quantitative estimate of drug-likeness (QED) is 0.826. The van der Waals surface area contributed by atoms with Crippen LogP contribution in [0.25, 0.3) is 0 Å². The van der Waals surface area contributed by atoms with Gasteiger partial charge in [-0.25, -0.2) is 4.79 Å². The Morgan fingerprint density at radius 3 is 2.65 bits per heavy atom. The van der Waals surface area contributed by atoms with Gasteiger partial charge in [0.2, 0.25) is 5.91 Å². The van der Waals surface area contributed by atoms with Crippen molar-refractivity contribution < 1.29 is 14.7 Å². The van der Waals surface area contributed by atoms with Crippen molar-refractivity contribution in [2.75, 3.05) is 13.1 Å². The van der Waals surface area contributed by atoms with Crippen LogP contribution in [0.2, 0.25) is 0 Å². The van der Waals surface area contributed by atoms with Crippen molar-refractivity contribution in [3.05, 3.63) is 35.4 Å². The van der Waals surface area contributed by atoms with Crippen LogP contribution < -0.4 is 5.32 Å². The monoisotopic (exact) mass is 276 g/mol. The first kappa shape index (κ1) is 14.5. The molecule has 1 atom stereocenters. The first-order chi connectivity index (χ1) is 9.56. The molecular weight excluding hydrogens is 256 g/mol. The number of nitrogens with zero attached hydrogens (tertiary/aromatic N) is 1. The molecule has 20 heavy (non-hydrogen) atoms. The van der Waals surface area contributed by atoms with E-state index in [9.17, 15) is 9.59 Å². The molecule has 0 aliphatic carbocycles. The van der Waals surface area contributed by atoms with Gasteiger partial charge >= 0.3 is 5.97 Å². The van der Waals surface area contributed by atoms with Gasteiger partial charge < -0.3 is 15.3 Å². The molecule has 1 unspecified atom stereocenters. The third kappa shape index (κ3) is 3.81. The van der Waals surface area contributed by atoms with Crippen molar-refractivity contribution in [3.63, 3.8) is 0 Å². The van der Waals surface area contributed by atoms with Crippen LogP contribution >= 0.6 is 0 Å². The highest BCUT2D eigenvalue weighted by Gasteiger charge is 2.21. The highest BCUT2D eigenvalue weighted by atomic mass is 16.4. The number of benzene rings is 1. The fraction of sp³-hybridized carbons (Fsp3) is 0.467. The molecule has 1 saturated heterocycles. The molecule has 108 valence electrons. The largest absolute Gasteiger partial charge is 0.478 e. The van der Waals surface area contributed by atoms with Crippen LogP contribution in [-0.4, -0.2) is 41.0 Å². The van der Waals surface area contributed by atoms with E-state index in [0.717, 1.165) is 25.1 Å². The summed E-state index contributed by atoms with van der Waals surface area (Å²) in [6, 6.07) is 7.05. The van der Waals surface area contributed by atoms with Gasteiger partial charge in [-0.05, 0) is 31.0 Å². The van der Waals surface area contributed by atoms with Crippen molar-refractivity contribution in [2.24, 2.45) is 0 Å². The van der Waals surface area contributed by atoms with Gasteiger partial charge in [0, 0.05) is 32.1 Å². The Balaban J connectivity index is 1.79. The number of carboxylic acids is 1. The van der Waals surface area contributed by atoms with Gasteiger partial charge in [0.1, 0.15) is 0 Å². The lowest BCUT2D eigenvalue weighted by Gasteiger charge is -2.21. The molecule has 5 heteroatoms. The molecule has 1 fully saturated rings. The highest BCUT2D eigenvalue weighted by Crippen LogP contribution is 2.10. The van der Waals surface area contributed by atoms with Gasteiger partial charge in [-0.3, -0.25) is 4.79 Å². The fourth-order valence-electron chi connectivity index (χ4n) is 2.35. The minimum Gasteiger partial charge on any atom is -0.478 e. The predicted molar refractivity (Wildman–Crippen MR) is 75.5 cm³/mol. The molecule has 1 heterocycles. The number of carbonyl (C=O) groups excluding carboxylic acids is 1. The number of hydrogen-bond donors (Lipinski definition) is 2. The second-order valence-corrected chi connectivity index (χ2v) is 5.23.